The number of benzene rings is 1. The number of amides is 1. The van der Waals surface area contributed by atoms with Crippen LogP contribution in [0.15, 0.2) is 54.9 Å². The Morgan fingerprint density at radius 1 is 1.06 bits per heavy atom. The lowest BCUT2D eigenvalue weighted by atomic mass is 10.0. The van der Waals surface area contributed by atoms with Crippen molar-refractivity contribution >= 4 is 17.4 Å². The number of alkyl halides is 3. The largest absolute Gasteiger partial charge is 0.573 e. The molecule has 1 aromatic carbocycles. The Bertz CT molecular complexity index is 1110. The smallest absolute Gasteiger partial charge is 0.406 e. The molecule has 1 fully saturated rings. The first-order valence-corrected chi connectivity index (χ1v) is 10.1. The maximum atomic E-state index is 12.8. The topological polar surface area (TPSA) is 67.3 Å². The molecule has 0 spiro atoms. The molecule has 1 amide bonds. The highest BCUT2D eigenvalue weighted by molar-refractivity contribution is 6.05. The lowest BCUT2D eigenvalue weighted by Gasteiger charge is -2.21. The molecule has 32 heavy (non-hydrogen) atoms. The van der Waals surface area contributed by atoms with Gasteiger partial charge in [-0.2, -0.15) is 0 Å². The summed E-state index contributed by atoms with van der Waals surface area (Å²) in [4.78, 5) is 24.0. The van der Waals surface area contributed by atoms with Crippen molar-refractivity contribution in [2.45, 2.75) is 26.1 Å². The summed E-state index contributed by atoms with van der Waals surface area (Å²) in [6.45, 7) is 3.70. The van der Waals surface area contributed by atoms with Crippen LogP contribution in [0.5, 0.6) is 5.75 Å². The average molecular weight is 442 g/mol. The third-order valence-corrected chi connectivity index (χ3v) is 5.18. The molecule has 1 saturated heterocycles. The average Bonchev–Trinajstić information content (AvgIpc) is 3.29. The number of hydrogen-bond donors (Lipinski definition) is 1. The fraction of sp³-hybridized carbons (Fsp3) is 0.261. The number of nitrogens with one attached hydrogen (secondary N) is 1. The minimum atomic E-state index is -4.77. The number of carbonyl (C=O) groups excluding carboxylic acids is 1. The van der Waals surface area contributed by atoms with Crippen molar-refractivity contribution in [1.82, 2.24) is 9.97 Å². The van der Waals surface area contributed by atoms with Crippen LogP contribution in [-0.4, -0.2) is 35.3 Å². The molecular weight excluding hydrogens is 421 g/mol. The Hall–Kier alpha value is -3.62. The second-order valence-electron chi connectivity index (χ2n) is 7.45. The summed E-state index contributed by atoms with van der Waals surface area (Å²) in [7, 11) is 0. The molecule has 1 N–H and O–H groups in total. The number of pyridine rings is 2. The standard InChI is InChI=1S/C23H21F3N4O2/c1-15-19(5-4-10-27-15)20-13-16(14-28-21(20)30-11-2-3-12-30)22(31)29-17-6-8-18(9-7-17)32-23(24,25)26/h4-10,13-14H,2-3,11-12H2,1H3,(H,29,31). The van der Waals surface area contributed by atoms with Crippen molar-refractivity contribution in [3.63, 3.8) is 0 Å². The van der Waals surface area contributed by atoms with Crippen LogP contribution in [0.25, 0.3) is 11.1 Å². The molecule has 2 aromatic heterocycles. The molecule has 9 heteroatoms. The zero-order valence-electron chi connectivity index (χ0n) is 17.3. The zero-order valence-corrected chi connectivity index (χ0v) is 17.3. The highest BCUT2D eigenvalue weighted by atomic mass is 19.4. The normalized spacial score (nSPS) is 13.8. The van der Waals surface area contributed by atoms with Gasteiger partial charge >= 0.3 is 6.36 Å². The van der Waals surface area contributed by atoms with Gasteiger partial charge in [0.05, 0.1) is 5.56 Å². The Labute approximate surface area is 183 Å². The molecule has 0 aliphatic carbocycles. The van der Waals surface area contributed by atoms with Crippen molar-refractivity contribution in [3.8, 4) is 16.9 Å². The Balaban J connectivity index is 1.60. The van der Waals surface area contributed by atoms with Crippen LogP contribution in [0.4, 0.5) is 24.7 Å². The lowest BCUT2D eigenvalue weighted by molar-refractivity contribution is -0.274. The van der Waals surface area contributed by atoms with Gasteiger partial charge in [0.15, 0.2) is 0 Å². The number of ether oxygens (including phenoxy) is 1. The first kappa shape index (κ1) is 21.6. The van der Waals surface area contributed by atoms with E-state index in [-0.39, 0.29) is 5.75 Å². The lowest BCUT2D eigenvalue weighted by Crippen LogP contribution is -2.21. The molecule has 4 rings (SSSR count). The Morgan fingerprint density at radius 2 is 1.78 bits per heavy atom. The van der Waals surface area contributed by atoms with Crippen LogP contribution >= 0.6 is 0 Å². The van der Waals surface area contributed by atoms with Gasteiger partial charge in [-0.1, -0.05) is 6.07 Å². The number of anilines is 2. The molecule has 6 nitrogen and oxygen atoms in total. The SMILES string of the molecule is Cc1ncccc1-c1cc(C(=O)Nc2ccc(OC(F)(F)F)cc2)cnc1N1CCCC1. The molecule has 1 aliphatic heterocycles. The summed E-state index contributed by atoms with van der Waals surface area (Å²) >= 11 is 0. The highest BCUT2D eigenvalue weighted by Gasteiger charge is 2.31. The monoisotopic (exact) mass is 442 g/mol. The minimum Gasteiger partial charge on any atom is -0.406 e. The van der Waals surface area contributed by atoms with Gasteiger partial charge in [-0.15, -0.1) is 13.2 Å². The van der Waals surface area contributed by atoms with Gasteiger partial charge in [-0.3, -0.25) is 9.78 Å². The predicted molar refractivity (Wildman–Crippen MR) is 115 cm³/mol. The Morgan fingerprint density at radius 3 is 2.44 bits per heavy atom. The van der Waals surface area contributed by atoms with Gasteiger partial charge in [-0.05, 0) is 56.2 Å². The van der Waals surface area contributed by atoms with Gasteiger partial charge in [0.2, 0.25) is 0 Å². The van der Waals surface area contributed by atoms with Crippen molar-refractivity contribution in [3.05, 3.63) is 66.1 Å². The fourth-order valence-corrected chi connectivity index (χ4v) is 3.67. The predicted octanol–water partition coefficient (Wildman–Crippen LogP) is 5.20. The van der Waals surface area contributed by atoms with Crippen LogP contribution in [0.3, 0.4) is 0 Å². The number of halogens is 3. The third kappa shape index (κ3) is 4.99. The van der Waals surface area contributed by atoms with Gasteiger partial charge < -0.3 is 15.0 Å². The van der Waals surface area contributed by atoms with Gasteiger partial charge in [0.25, 0.3) is 5.91 Å². The maximum Gasteiger partial charge on any atom is 0.573 e. The minimum absolute atomic E-state index is 0.335. The van der Waals surface area contributed by atoms with Crippen LogP contribution in [0.1, 0.15) is 28.9 Å². The summed E-state index contributed by atoms with van der Waals surface area (Å²) < 4.78 is 40.8. The van der Waals surface area contributed by atoms with E-state index >= 15 is 0 Å². The zero-order chi connectivity index (χ0) is 22.7. The summed E-state index contributed by atoms with van der Waals surface area (Å²) in [6, 6.07) is 10.5. The summed E-state index contributed by atoms with van der Waals surface area (Å²) in [5, 5.41) is 2.69. The van der Waals surface area contributed by atoms with Crippen LogP contribution in [0.2, 0.25) is 0 Å². The van der Waals surface area contributed by atoms with E-state index < -0.39 is 12.3 Å². The van der Waals surface area contributed by atoms with E-state index in [9.17, 15) is 18.0 Å². The van der Waals surface area contributed by atoms with Crippen molar-refractivity contribution in [2.24, 2.45) is 0 Å². The molecule has 0 saturated carbocycles. The third-order valence-electron chi connectivity index (χ3n) is 5.18. The number of hydrogen-bond acceptors (Lipinski definition) is 5. The number of nitrogens with zero attached hydrogens (tertiary/aromatic N) is 3. The summed E-state index contributed by atoms with van der Waals surface area (Å²) in [6.07, 6.45) is 0.630. The van der Waals surface area contributed by atoms with Crippen LogP contribution < -0.4 is 15.0 Å². The summed E-state index contributed by atoms with van der Waals surface area (Å²) in [5.41, 5.74) is 3.21. The fourth-order valence-electron chi connectivity index (χ4n) is 3.67. The molecule has 166 valence electrons. The van der Waals surface area contributed by atoms with Gasteiger partial charge in [0.1, 0.15) is 11.6 Å². The number of aromatic nitrogens is 2. The van der Waals surface area contributed by atoms with Crippen molar-refractivity contribution < 1.29 is 22.7 Å². The van der Waals surface area contributed by atoms with Crippen molar-refractivity contribution in [1.29, 1.82) is 0 Å². The van der Waals surface area contributed by atoms with Crippen LogP contribution in [0, 0.1) is 6.92 Å². The number of carbonyl (C=O) groups is 1. The Kier molecular flexibility index (Phi) is 5.98. The number of aryl methyl sites for hydroxylation is 1. The van der Waals surface area contributed by atoms with Crippen LogP contribution in [-0.2, 0) is 0 Å². The van der Waals surface area contributed by atoms with Gasteiger partial charge in [-0.25, -0.2) is 4.98 Å². The maximum absolute atomic E-state index is 12.8. The van der Waals surface area contributed by atoms with E-state index in [2.05, 4.69) is 24.9 Å². The highest BCUT2D eigenvalue weighted by Crippen LogP contribution is 2.33. The van der Waals surface area contributed by atoms with Crippen molar-refractivity contribution in [2.75, 3.05) is 23.3 Å². The summed E-state index contributed by atoms with van der Waals surface area (Å²) in [5.74, 6) is 0.0306. The van der Waals surface area contributed by atoms with E-state index in [1.807, 2.05) is 19.1 Å². The first-order valence-electron chi connectivity index (χ1n) is 10.1. The quantitative estimate of drug-likeness (QED) is 0.588. The van der Waals surface area contributed by atoms with Gasteiger partial charge in [0, 0.05) is 48.0 Å². The second kappa shape index (κ2) is 8.86. The van der Waals surface area contributed by atoms with E-state index in [0.29, 0.717) is 11.3 Å². The molecule has 0 bridgehead atoms. The van der Waals surface area contributed by atoms with E-state index in [1.165, 1.54) is 18.3 Å². The molecule has 0 radical (unpaired) electrons. The molecule has 1 aliphatic rings. The molecule has 0 atom stereocenters. The molecule has 3 aromatic rings. The van der Waals surface area contributed by atoms with E-state index in [1.54, 1.807) is 12.3 Å². The molecule has 3 heterocycles. The first-order chi connectivity index (χ1) is 15.3. The van der Waals surface area contributed by atoms with E-state index in [0.717, 1.165) is 60.7 Å². The molecular formula is C23H21F3N4O2. The second-order valence-corrected chi connectivity index (χ2v) is 7.45. The van der Waals surface area contributed by atoms with E-state index in [4.69, 9.17) is 0 Å². The number of rotatable bonds is 5. The molecule has 0 unspecified atom stereocenters.